The van der Waals surface area contributed by atoms with Crippen LogP contribution < -0.4 is 5.32 Å². The molecule has 1 aromatic heterocycles. The maximum absolute atomic E-state index is 12.7. The Labute approximate surface area is 164 Å². The van der Waals surface area contributed by atoms with Gasteiger partial charge in [-0.3, -0.25) is 9.69 Å². The van der Waals surface area contributed by atoms with Gasteiger partial charge in [0.15, 0.2) is 5.69 Å². The second-order valence-electron chi connectivity index (χ2n) is 7.07. The fraction of sp³-hybridized carbons (Fsp3) is 0.526. The van der Waals surface area contributed by atoms with Gasteiger partial charge >= 0.3 is 0 Å². The summed E-state index contributed by atoms with van der Waals surface area (Å²) in [4.78, 5) is 16.5. The Kier molecular flexibility index (Phi) is 6.46. The Morgan fingerprint density at radius 2 is 2.04 bits per heavy atom. The maximum atomic E-state index is 12.7. The number of carbonyl (C=O) groups is 1. The highest BCUT2D eigenvalue weighted by Gasteiger charge is 2.25. The van der Waals surface area contributed by atoms with Crippen LogP contribution in [0.25, 0.3) is 5.69 Å². The number of carbonyl (C=O) groups excluding carboxylic acids is 1. The smallest absolute Gasteiger partial charge is 0.273 e. The number of hydrogen-bond acceptors (Lipinski definition) is 5. The third-order valence-corrected chi connectivity index (χ3v) is 5.03. The van der Waals surface area contributed by atoms with E-state index < -0.39 is 0 Å². The van der Waals surface area contributed by atoms with E-state index in [1.54, 1.807) is 19.1 Å². The predicted molar refractivity (Wildman–Crippen MR) is 104 cm³/mol. The third kappa shape index (κ3) is 4.86. The monoisotopic (exact) mass is 391 g/mol. The molecule has 1 saturated heterocycles. The molecule has 0 bridgehead atoms. The van der Waals surface area contributed by atoms with Gasteiger partial charge in [0, 0.05) is 30.7 Å². The molecule has 1 fully saturated rings. The maximum Gasteiger partial charge on any atom is 0.273 e. The number of rotatable bonds is 6. The number of benzene rings is 1. The van der Waals surface area contributed by atoms with Crippen LogP contribution in [0, 0.1) is 12.8 Å². The highest BCUT2D eigenvalue weighted by atomic mass is 35.5. The number of hydrogen-bond donors (Lipinski definition) is 1. The van der Waals surface area contributed by atoms with Crippen LogP contribution in [0.15, 0.2) is 24.3 Å². The van der Waals surface area contributed by atoms with Gasteiger partial charge in [-0.05, 0) is 31.0 Å². The molecule has 0 radical (unpaired) electrons. The lowest BCUT2D eigenvalue weighted by atomic mass is 10.0. The summed E-state index contributed by atoms with van der Waals surface area (Å²) < 4.78 is 5.43. The summed E-state index contributed by atoms with van der Waals surface area (Å²) in [6, 6.07) is 7.48. The normalized spacial score (nSPS) is 16.5. The second-order valence-corrected chi connectivity index (χ2v) is 7.51. The van der Waals surface area contributed by atoms with E-state index in [0.29, 0.717) is 28.9 Å². The van der Waals surface area contributed by atoms with Crippen LogP contribution in [-0.4, -0.2) is 64.7 Å². The molecule has 1 aliphatic heterocycles. The number of ether oxygens (including phenoxy) is 1. The van der Waals surface area contributed by atoms with E-state index in [4.69, 9.17) is 16.3 Å². The standard InChI is InChI=1S/C19H26ClN5O2/c1-13(2)17(24-7-9-27-10-8-24)12-21-19(26)18-14(3)22-25(23-18)16-6-4-5-15(20)11-16/h4-6,11,13,17H,7-10,12H2,1-3H3,(H,21,26). The van der Waals surface area contributed by atoms with Crippen molar-refractivity contribution in [2.45, 2.75) is 26.8 Å². The molecule has 1 aromatic carbocycles. The van der Waals surface area contributed by atoms with Gasteiger partial charge < -0.3 is 10.1 Å². The lowest BCUT2D eigenvalue weighted by molar-refractivity contribution is 0.00671. The second kappa shape index (κ2) is 8.82. The first kappa shape index (κ1) is 19.8. The Hall–Kier alpha value is -1.96. The molecule has 8 heteroatoms. The van der Waals surface area contributed by atoms with Crippen molar-refractivity contribution in [2.24, 2.45) is 5.92 Å². The van der Waals surface area contributed by atoms with Crippen LogP contribution in [0.3, 0.4) is 0 Å². The van der Waals surface area contributed by atoms with Crippen LogP contribution >= 0.6 is 11.6 Å². The largest absolute Gasteiger partial charge is 0.379 e. The number of amides is 1. The Bertz CT molecular complexity index is 786. The van der Waals surface area contributed by atoms with Crippen molar-refractivity contribution in [3.8, 4) is 5.69 Å². The average Bonchev–Trinajstić information content (AvgIpc) is 3.04. The fourth-order valence-corrected chi connectivity index (χ4v) is 3.47. The number of aromatic nitrogens is 3. The van der Waals surface area contributed by atoms with Gasteiger partial charge in [0.25, 0.3) is 5.91 Å². The van der Waals surface area contributed by atoms with Crippen molar-refractivity contribution in [3.05, 3.63) is 40.7 Å². The zero-order valence-corrected chi connectivity index (χ0v) is 16.7. The molecule has 1 N–H and O–H groups in total. The highest BCUT2D eigenvalue weighted by Crippen LogP contribution is 2.15. The lowest BCUT2D eigenvalue weighted by Crippen LogP contribution is -2.51. The van der Waals surface area contributed by atoms with E-state index in [1.165, 1.54) is 4.80 Å². The minimum absolute atomic E-state index is 0.209. The predicted octanol–water partition coefficient (Wildman–Crippen LogP) is 2.32. The fourth-order valence-electron chi connectivity index (χ4n) is 3.28. The first-order chi connectivity index (χ1) is 13.0. The molecular formula is C19H26ClN5O2. The Morgan fingerprint density at radius 1 is 1.30 bits per heavy atom. The summed E-state index contributed by atoms with van der Waals surface area (Å²) >= 11 is 6.03. The molecule has 0 spiro atoms. The number of aryl methyl sites for hydroxylation is 1. The van der Waals surface area contributed by atoms with Crippen molar-refractivity contribution in [1.29, 1.82) is 0 Å². The van der Waals surface area contributed by atoms with Crippen molar-refractivity contribution in [1.82, 2.24) is 25.2 Å². The highest BCUT2D eigenvalue weighted by molar-refractivity contribution is 6.30. The molecule has 7 nitrogen and oxygen atoms in total. The zero-order chi connectivity index (χ0) is 19.4. The Morgan fingerprint density at radius 3 is 2.70 bits per heavy atom. The summed E-state index contributed by atoms with van der Waals surface area (Å²) in [6.45, 7) is 9.96. The molecule has 1 aliphatic rings. The first-order valence-electron chi connectivity index (χ1n) is 9.25. The van der Waals surface area contributed by atoms with Gasteiger partial charge in [0.1, 0.15) is 0 Å². The zero-order valence-electron chi connectivity index (χ0n) is 16.0. The minimum atomic E-state index is -0.209. The van der Waals surface area contributed by atoms with Gasteiger partial charge in [-0.25, -0.2) is 0 Å². The summed E-state index contributed by atoms with van der Waals surface area (Å²) in [5, 5.41) is 12.3. The number of nitrogens with zero attached hydrogens (tertiary/aromatic N) is 4. The van der Waals surface area contributed by atoms with E-state index in [9.17, 15) is 4.79 Å². The van der Waals surface area contributed by atoms with Crippen molar-refractivity contribution < 1.29 is 9.53 Å². The number of morpholine rings is 1. The van der Waals surface area contributed by atoms with Crippen molar-refractivity contribution in [2.75, 3.05) is 32.8 Å². The van der Waals surface area contributed by atoms with Crippen molar-refractivity contribution in [3.63, 3.8) is 0 Å². The van der Waals surface area contributed by atoms with Gasteiger partial charge in [-0.1, -0.05) is 31.5 Å². The molecule has 1 amide bonds. The molecule has 146 valence electrons. The molecule has 1 unspecified atom stereocenters. The summed E-state index contributed by atoms with van der Waals surface area (Å²) in [5.41, 5.74) is 1.64. The molecular weight excluding hydrogens is 366 g/mol. The molecule has 3 rings (SSSR count). The molecule has 27 heavy (non-hydrogen) atoms. The van der Waals surface area contributed by atoms with Crippen LogP contribution in [0.2, 0.25) is 5.02 Å². The molecule has 0 saturated carbocycles. The molecule has 2 aromatic rings. The Balaban J connectivity index is 1.68. The van der Waals surface area contributed by atoms with E-state index in [0.717, 1.165) is 32.0 Å². The minimum Gasteiger partial charge on any atom is -0.379 e. The summed E-state index contributed by atoms with van der Waals surface area (Å²) in [5.74, 6) is 0.214. The van der Waals surface area contributed by atoms with E-state index >= 15 is 0 Å². The quantitative estimate of drug-likeness (QED) is 0.818. The van der Waals surface area contributed by atoms with Gasteiger partial charge in [-0.2, -0.15) is 9.90 Å². The number of nitrogens with one attached hydrogen (secondary N) is 1. The van der Waals surface area contributed by atoms with E-state index in [2.05, 4.69) is 34.3 Å². The van der Waals surface area contributed by atoms with Gasteiger partial charge in [0.2, 0.25) is 0 Å². The van der Waals surface area contributed by atoms with Crippen LogP contribution in [0.4, 0.5) is 0 Å². The SMILES string of the molecule is Cc1nn(-c2cccc(Cl)c2)nc1C(=O)NCC(C(C)C)N1CCOCC1. The van der Waals surface area contributed by atoms with Gasteiger partial charge in [-0.15, -0.1) is 5.10 Å². The molecule has 2 heterocycles. The number of halogens is 1. The van der Waals surface area contributed by atoms with Crippen LogP contribution in [-0.2, 0) is 4.74 Å². The average molecular weight is 392 g/mol. The van der Waals surface area contributed by atoms with E-state index in [-0.39, 0.29) is 11.9 Å². The first-order valence-corrected chi connectivity index (χ1v) is 9.63. The van der Waals surface area contributed by atoms with Crippen LogP contribution in [0.1, 0.15) is 30.0 Å². The third-order valence-electron chi connectivity index (χ3n) is 4.79. The van der Waals surface area contributed by atoms with Gasteiger partial charge in [0.05, 0.1) is 24.6 Å². The summed E-state index contributed by atoms with van der Waals surface area (Å²) in [7, 11) is 0. The topological polar surface area (TPSA) is 72.3 Å². The summed E-state index contributed by atoms with van der Waals surface area (Å²) in [6.07, 6.45) is 0. The van der Waals surface area contributed by atoms with Crippen LogP contribution in [0.5, 0.6) is 0 Å². The van der Waals surface area contributed by atoms with E-state index in [1.807, 2.05) is 12.1 Å². The lowest BCUT2D eigenvalue weighted by Gasteiger charge is -2.36. The van der Waals surface area contributed by atoms with Crippen molar-refractivity contribution >= 4 is 17.5 Å². The molecule has 1 atom stereocenters. The molecule has 0 aliphatic carbocycles.